The standard InChI is InChI=1S/C32H38O10/c1-5-29(33)38-18-16-37-17-19-39-32(36)41-26-13-11-25(12-14-26)40-30(34)23-7-9-24(10-8-23)31(35)42-28-20-22(4)6-15-27(28)21(2)3/h5,7-14,21-22,27-28H,1,6,15-20H2,2-4H3. The Hall–Kier alpha value is -4.18. The van der Waals surface area contributed by atoms with Gasteiger partial charge in [0.1, 0.15) is 30.8 Å². The van der Waals surface area contributed by atoms with Gasteiger partial charge in [-0.1, -0.05) is 33.8 Å². The molecule has 1 saturated carbocycles. The van der Waals surface area contributed by atoms with E-state index in [4.69, 9.17) is 28.4 Å². The Morgan fingerprint density at radius 1 is 0.810 bits per heavy atom. The Kier molecular flexibility index (Phi) is 12.6. The zero-order chi connectivity index (χ0) is 30.5. The summed E-state index contributed by atoms with van der Waals surface area (Å²) >= 11 is 0. The molecule has 0 amide bonds. The average Bonchev–Trinajstić information content (AvgIpc) is 2.97. The van der Waals surface area contributed by atoms with Crippen molar-refractivity contribution in [3.05, 3.63) is 72.3 Å². The van der Waals surface area contributed by atoms with Gasteiger partial charge < -0.3 is 28.4 Å². The average molecular weight is 583 g/mol. The molecule has 0 aliphatic heterocycles. The van der Waals surface area contributed by atoms with Crippen molar-refractivity contribution in [1.29, 1.82) is 0 Å². The van der Waals surface area contributed by atoms with E-state index in [1.54, 1.807) is 12.1 Å². The summed E-state index contributed by atoms with van der Waals surface area (Å²) < 4.78 is 31.2. The molecule has 0 spiro atoms. The summed E-state index contributed by atoms with van der Waals surface area (Å²) in [7, 11) is 0. The molecular weight excluding hydrogens is 544 g/mol. The molecule has 226 valence electrons. The first-order valence-corrected chi connectivity index (χ1v) is 14.0. The molecule has 0 N–H and O–H groups in total. The molecule has 2 aromatic carbocycles. The molecule has 2 aromatic rings. The largest absolute Gasteiger partial charge is 0.513 e. The summed E-state index contributed by atoms with van der Waals surface area (Å²) in [5.41, 5.74) is 0.643. The Bertz CT molecular complexity index is 1200. The number of hydrogen-bond donors (Lipinski definition) is 0. The number of carbonyl (C=O) groups excluding carboxylic acids is 4. The molecule has 10 heteroatoms. The van der Waals surface area contributed by atoms with Crippen LogP contribution in [0, 0.1) is 17.8 Å². The molecule has 0 saturated heterocycles. The van der Waals surface area contributed by atoms with Gasteiger partial charge in [0.25, 0.3) is 0 Å². The van der Waals surface area contributed by atoms with E-state index in [1.807, 2.05) is 0 Å². The Balaban J connectivity index is 1.41. The first kappa shape index (κ1) is 32.3. The summed E-state index contributed by atoms with van der Waals surface area (Å²) in [5, 5.41) is 0. The van der Waals surface area contributed by atoms with Crippen molar-refractivity contribution in [1.82, 2.24) is 0 Å². The van der Waals surface area contributed by atoms with Crippen molar-refractivity contribution in [2.45, 2.75) is 46.1 Å². The van der Waals surface area contributed by atoms with Crippen LogP contribution in [0.5, 0.6) is 11.5 Å². The van der Waals surface area contributed by atoms with Gasteiger partial charge in [0.05, 0.1) is 24.3 Å². The van der Waals surface area contributed by atoms with E-state index < -0.39 is 24.1 Å². The molecule has 0 heterocycles. The van der Waals surface area contributed by atoms with E-state index in [9.17, 15) is 19.2 Å². The molecule has 0 bridgehead atoms. The van der Waals surface area contributed by atoms with E-state index in [-0.39, 0.29) is 49.6 Å². The van der Waals surface area contributed by atoms with Crippen LogP contribution in [0.3, 0.4) is 0 Å². The third kappa shape index (κ3) is 10.3. The van der Waals surface area contributed by atoms with Gasteiger partial charge in [-0.2, -0.15) is 0 Å². The number of rotatable bonds is 13. The van der Waals surface area contributed by atoms with Gasteiger partial charge >= 0.3 is 24.1 Å². The van der Waals surface area contributed by atoms with Crippen molar-refractivity contribution in [3.8, 4) is 11.5 Å². The number of benzene rings is 2. The molecule has 1 aliphatic carbocycles. The highest BCUT2D eigenvalue weighted by atomic mass is 16.7. The Morgan fingerprint density at radius 2 is 1.38 bits per heavy atom. The lowest BCUT2D eigenvalue weighted by atomic mass is 9.75. The van der Waals surface area contributed by atoms with Gasteiger partial charge in [-0.15, -0.1) is 0 Å². The van der Waals surface area contributed by atoms with Gasteiger partial charge in [-0.25, -0.2) is 19.2 Å². The first-order valence-electron chi connectivity index (χ1n) is 14.0. The van der Waals surface area contributed by atoms with Gasteiger partial charge in [0, 0.05) is 6.08 Å². The van der Waals surface area contributed by atoms with Crippen molar-refractivity contribution >= 4 is 24.1 Å². The van der Waals surface area contributed by atoms with Crippen molar-refractivity contribution in [2.75, 3.05) is 26.4 Å². The number of hydrogen-bond acceptors (Lipinski definition) is 10. The summed E-state index contributed by atoms with van der Waals surface area (Å²) in [6.45, 7) is 10.0. The van der Waals surface area contributed by atoms with Gasteiger partial charge in [0.15, 0.2) is 0 Å². The number of esters is 3. The lowest BCUT2D eigenvalue weighted by Gasteiger charge is -2.36. The van der Waals surface area contributed by atoms with Crippen LogP contribution in [0.2, 0.25) is 0 Å². The SMILES string of the molecule is C=CC(=O)OCCOCCOC(=O)Oc1ccc(OC(=O)c2ccc(C(=O)OC3CC(C)CCC3C(C)C)cc2)cc1. The molecule has 3 rings (SSSR count). The monoisotopic (exact) mass is 582 g/mol. The van der Waals surface area contributed by atoms with E-state index in [1.165, 1.54) is 36.4 Å². The quantitative estimate of drug-likeness (QED) is 0.0716. The smallest absolute Gasteiger partial charge is 0.460 e. The highest BCUT2D eigenvalue weighted by Gasteiger charge is 2.33. The Morgan fingerprint density at radius 3 is 1.98 bits per heavy atom. The highest BCUT2D eigenvalue weighted by Crippen LogP contribution is 2.35. The summed E-state index contributed by atoms with van der Waals surface area (Å²) in [6, 6.07) is 12.0. The minimum absolute atomic E-state index is 0.0568. The fraction of sp³-hybridized carbons (Fsp3) is 0.438. The second kappa shape index (κ2) is 16.3. The predicted octanol–water partition coefficient (Wildman–Crippen LogP) is 5.78. The first-order chi connectivity index (χ1) is 20.2. The molecule has 3 atom stereocenters. The molecular formula is C32H38O10. The summed E-state index contributed by atoms with van der Waals surface area (Å²) in [4.78, 5) is 48.1. The third-order valence-electron chi connectivity index (χ3n) is 6.90. The Labute approximate surface area is 245 Å². The molecule has 3 unspecified atom stereocenters. The molecule has 0 aromatic heterocycles. The van der Waals surface area contributed by atoms with Crippen LogP contribution in [0.4, 0.5) is 4.79 Å². The second-order valence-electron chi connectivity index (χ2n) is 10.4. The van der Waals surface area contributed by atoms with Crippen LogP contribution >= 0.6 is 0 Å². The predicted molar refractivity (Wildman–Crippen MR) is 152 cm³/mol. The van der Waals surface area contributed by atoms with Crippen LogP contribution in [0.15, 0.2) is 61.2 Å². The zero-order valence-corrected chi connectivity index (χ0v) is 24.2. The topological polar surface area (TPSA) is 124 Å². The van der Waals surface area contributed by atoms with E-state index in [0.29, 0.717) is 23.3 Å². The van der Waals surface area contributed by atoms with Crippen LogP contribution < -0.4 is 9.47 Å². The summed E-state index contributed by atoms with van der Waals surface area (Å²) in [6.07, 6.45) is 3.06. The van der Waals surface area contributed by atoms with Crippen LogP contribution in [0.25, 0.3) is 0 Å². The number of carbonyl (C=O) groups is 4. The lowest BCUT2D eigenvalue weighted by molar-refractivity contribution is -0.139. The maximum atomic E-state index is 12.8. The van der Waals surface area contributed by atoms with Crippen molar-refractivity contribution < 1.29 is 47.6 Å². The minimum atomic E-state index is -0.933. The normalized spacial score (nSPS) is 18.0. The van der Waals surface area contributed by atoms with Crippen LogP contribution in [-0.2, 0) is 23.7 Å². The van der Waals surface area contributed by atoms with Crippen LogP contribution in [0.1, 0.15) is 60.7 Å². The molecule has 42 heavy (non-hydrogen) atoms. The maximum absolute atomic E-state index is 12.8. The van der Waals surface area contributed by atoms with Crippen molar-refractivity contribution in [3.63, 3.8) is 0 Å². The molecule has 1 fully saturated rings. The van der Waals surface area contributed by atoms with Crippen LogP contribution in [-0.4, -0.2) is 56.6 Å². The molecule has 1 aliphatic rings. The van der Waals surface area contributed by atoms with Gasteiger partial charge in [0.2, 0.25) is 0 Å². The maximum Gasteiger partial charge on any atom is 0.513 e. The third-order valence-corrected chi connectivity index (χ3v) is 6.90. The summed E-state index contributed by atoms with van der Waals surface area (Å²) in [5.74, 6) is 0.166. The fourth-order valence-corrected chi connectivity index (χ4v) is 4.61. The number of ether oxygens (including phenoxy) is 6. The van der Waals surface area contributed by atoms with E-state index in [0.717, 1.165) is 25.3 Å². The highest BCUT2D eigenvalue weighted by molar-refractivity contribution is 5.94. The fourth-order valence-electron chi connectivity index (χ4n) is 4.61. The van der Waals surface area contributed by atoms with Gasteiger partial charge in [-0.05, 0) is 79.1 Å². The van der Waals surface area contributed by atoms with Gasteiger partial charge in [-0.3, -0.25) is 0 Å². The van der Waals surface area contributed by atoms with E-state index in [2.05, 4.69) is 27.4 Å². The van der Waals surface area contributed by atoms with E-state index >= 15 is 0 Å². The lowest BCUT2D eigenvalue weighted by Crippen LogP contribution is -2.35. The van der Waals surface area contributed by atoms with Crippen molar-refractivity contribution in [2.24, 2.45) is 17.8 Å². The molecule has 10 nitrogen and oxygen atoms in total. The molecule has 0 radical (unpaired) electrons. The minimum Gasteiger partial charge on any atom is -0.460 e. The second-order valence-corrected chi connectivity index (χ2v) is 10.4. The zero-order valence-electron chi connectivity index (χ0n) is 24.2.